The summed E-state index contributed by atoms with van der Waals surface area (Å²) >= 11 is 0. The fourth-order valence-corrected chi connectivity index (χ4v) is 4.00. The van der Waals surface area contributed by atoms with Crippen LogP contribution in [0.3, 0.4) is 0 Å². The highest BCUT2D eigenvalue weighted by atomic mass is 32.2. The minimum Gasteiger partial charge on any atom is -0.224 e. The van der Waals surface area contributed by atoms with E-state index in [0.717, 1.165) is 16.7 Å². The van der Waals surface area contributed by atoms with Crippen molar-refractivity contribution in [3.05, 3.63) is 65.2 Å². The summed E-state index contributed by atoms with van der Waals surface area (Å²) < 4.78 is 25.4. The Bertz CT molecular complexity index is 739. The van der Waals surface area contributed by atoms with E-state index in [1.54, 1.807) is 0 Å². The van der Waals surface area contributed by atoms with Gasteiger partial charge in [0.2, 0.25) is 0 Å². The van der Waals surface area contributed by atoms with E-state index in [4.69, 9.17) is 0 Å². The van der Waals surface area contributed by atoms with Crippen LogP contribution < -0.4 is 0 Å². The highest BCUT2D eigenvalue weighted by molar-refractivity contribution is 7.91. The average molecular weight is 316 g/mol. The van der Waals surface area contributed by atoms with Gasteiger partial charge in [-0.1, -0.05) is 63.2 Å². The summed E-state index contributed by atoms with van der Waals surface area (Å²) in [6.07, 6.45) is 0.544. The third-order valence-electron chi connectivity index (χ3n) is 3.89. The lowest BCUT2D eigenvalue weighted by Gasteiger charge is -2.20. The third-order valence-corrected chi connectivity index (χ3v) is 5.74. The van der Waals surface area contributed by atoms with Gasteiger partial charge in [-0.15, -0.1) is 0 Å². The van der Waals surface area contributed by atoms with Gasteiger partial charge in [0.1, 0.15) is 0 Å². The molecule has 0 amide bonds. The quantitative estimate of drug-likeness (QED) is 0.842. The monoisotopic (exact) mass is 316 g/mol. The lowest BCUT2D eigenvalue weighted by molar-refractivity contribution is 0.582. The molecule has 0 radical (unpaired) electrons. The summed E-state index contributed by atoms with van der Waals surface area (Å²) in [7, 11) is -3.27. The second-order valence-electron chi connectivity index (χ2n) is 6.78. The third kappa shape index (κ3) is 3.98. The molecule has 0 fully saturated rings. The molecule has 2 rings (SSSR count). The van der Waals surface area contributed by atoms with Crippen LogP contribution in [0.25, 0.3) is 0 Å². The zero-order valence-electron chi connectivity index (χ0n) is 13.8. The predicted octanol–water partition coefficient (Wildman–Crippen LogP) is 4.31. The number of benzene rings is 2. The van der Waals surface area contributed by atoms with Crippen LogP contribution in [-0.4, -0.2) is 14.2 Å². The maximum atomic E-state index is 12.7. The van der Waals surface area contributed by atoms with Crippen LogP contribution in [0.4, 0.5) is 0 Å². The molecule has 0 heterocycles. The van der Waals surface area contributed by atoms with Gasteiger partial charge < -0.3 is 0 Å². The van der Waals surface area contributed by atoms with Gasteiger partial charge in [0.15, 0.2) is 9.84 Å². The molecule has 0 saturated heterocycles. The van der Waals surface area contributed by atoms with E-state index < -0.39 is 9.84 Å². The van der Waals surface area contributed by atoms with Crippen molar-refractivity contribution in [3.8, 4) is 0 Å². The Labute approximate surface area is 134 Å². The summed E-state index contributed by atoms with van der Waals surface area (Å²) in [4.78, 5) is 0.468. The number of aryl methyl sites for hydroxylation is 2. The van der Waals surface area contributed by atoms with Crippen molar-refractivity contribution in [1.29, 1.82) is 0 Å². The number of hydrogen-bond donors (Lipinski definition) is 0. The van der Waals surface area contributed by atoms with Crippen molar-refractivity contribution < 1.29 is 8.42 Å². The molecule has 0 bridgehead atoms. The maximum Gasteiger partial charge on any atom is 0.178 e. The second kappa shape index (κ2) is 6.25. The molecule has 3 heteroatoms. The summed E-state index contributed by atoms with van der Waals surface area (Å²) in [5, 5.41) is 0. The van der Waals surface area contributed by atoms with Crippen LogP contribution in [0.15, 0.2) is 53.4 Å². The van der Waals surface area contributed by atoms with Crippen molar-refractivity contribution in [2.24, 2.45) is 0 Å². The smallest absolute Gasteiger partial charge is 0.178 e. The van der Waals surface area contributed by atoms with E-state index in [0.29, 0.717) is 11.3 Å². The SMILES string of the molecule is Cc1ccc(C(C)(C)C)cc1S(=O)(=O)CCc1ccccc1. The van der Waals surface area contributed by atoms with Gasteiger partial charge in [-0.3, -0.25) is 0 Å². The minimum atomic E-state index is -3.27. The molecule has 118 valence electrons. The molecule has 2 nitrogen and oxygen atoms in total. The van der Waals surface area contributed by atoms with Crippen LogP contribution in [-0.2, 0) is 21.7 Å². The zero-order chi connectivity index (χ0) is 16.4. The zero-order valence-corrected chi connectivity index (χ0v) is 14.6. The van der Waals surface area contributed by atoms with Crippen LogP contribution in [0.2, 0.25) is 0 Å². The van der Waals surface area contributed by atoms with Gasteiger partial charge in [-0.05, 0) is 41.5 Å². The second-order valence-corrected chi connectivity index (χ2v) is 8.86. The van der Waals surface area contributed by atoms with Gasteiger partial charge in [0.25, 0.3) is 0 Å². The summed E-state index contributed by atoms with van der Waals surface area (Å²) in [6.45, 7) is 8.15. The summed E-state index contributed by atoms with van der Waals surface area (Å²) in [6, 6.07) is 15.5. The molecule has 0 saturated carbocycles. The molecule has 2 aromatic carbocycles. The first kappa shape index (κ1) is 16.8. The van der Waals surface area contributed by atoms with Crippen molar-refractivity contribution >= 4 is 9.84 Å². The molecule has 0 N–H and O–H groups in total. The van der Waals surface area contributed by atoms with E-state index in [1.165, 1.54) is 0 Å². The molecule has 0 unspecified atom stereocenters. The van der Waals surface area contributed by atoms with Crippen LogP contribution >= 0.6 is 0 Å². The Morgan fingerprint density at radius 2 is 1.59 bits per heavy atom. The van der Waals surface area contributed by atoms with Crippen molar-refractivity contribution in [2.75, 3.05) is 5.75 Å². The first-order chi connectivity index (χ1) is 10.2. The van der Waals surface area contributed by atoms with Crippen molar-refractivity contribution in [2.45, 2.75) is 44.4 Å². The normalized spacial score (nSPS) is 12.4. The van der Waals surface area contributed by atoms with Crippen molar-refractivity contribution in [3.63, 3.8) is 0 Å². The maximum absolute atomic E-state index is 12.7. The lowest BCUT2D eigenvalue weighted by atomic mass is 9.87. The van der Waals surface area contributed by atoms with Crippen LogP contribution in [0, 0.1) is 6.92 Å². The van der Waals surface area contributed by atoms with E-state index in [9.17, 15) is 8.42 Å². The first-order valence-electron chi connectivity index (χ1n) is 7.58. The van der Waals surface area contributed by atoms with Crippen LogP contribution in [0.1, 0.15) is 37.5 Å². The Morgan fingerprint density at radius 3 is 2.18 bits per heavy atom. The molecule has 0 spiro atoms. The number of sulfone groups is 1. The first-order valence-corrected chi connectivity index (χ1v) is 9.23. The van der Waals surface area contributed by atoms with Crippen LogP contribution in [0.5, 0.6) is 0 Å². The Kier molecular flexibility index (Phi) is 4.76. The number of hydrogen-bond acceptors (Lipinski definition) is 2. The largest absolute Gasteiger partial charge is 0.224 e. The minimum absolute atomic E-state index is 0.0581. The highest BCUT2D eigenvalue weighted by Gasteiger charge is 2.21. The average Bonchev–Trinajstić information content (AvgIpc) is 2.45. The fraction of sp³-hybridized carbons (Fsp3) is 0.368. The van der Waals surface area contributed by atoms with Gasteiger partial charge >= 0.3 is 0 Å². The van der Waals surface area contributed by atoms with Crippen molar-refractivity contribution in [1.82, 2.24) is 0 Å². The van der Waals surface area contributed by atoms with E-state index in [2.05, 4.69) is 20.8 Å². The Morgan fingerprint density at radius 1 is 0.955 bits per heavy atom. The standard InChI is InChI=1S/C19H24O2S/c1-15-10-11-17(19(2,3)4)14-18(15)22(20,21)13-12-16-8-6-5-7-9-16/h5-11,14H,12-13H2,1-4H3. The Hall–Kier alpha value is -1.61. The van der Waals surface area contributed by atoms with E-state index in [-0.39, 0.29) is 11.2 Å². The summed E-state index contributed by atoms with van der Waals surface area (Å²) in [5.74, 6) is 0.144. The van der Waals surface area contributed by atoms with Gasteiger partial charge in [0, 0.05) is 0 Å². The lowest BCUT2D eigenvalue weighted by Crippen LogP contribution is -2.15. The molecule has 2 aromatic rings. The molecular weight excluding hydrogens is 292 g/mol. The molecule has 0 aliphatic carbocycles. The van der Waals surface area contributed by atoms with E-state index in [1.807, 2.05) is 55.5 Å². The molecular formula is C19H24O2S. The molecule has 0 atom stereocenters. The number of rotatable bonds is 4. The van der Waals surface area contributed by atoms with E-state index >= 15 is 0 Å². The predicted molar refractivity (Wildman–Crippen MR) is 92.1 cm³/mol. The molecule has 22 heavy (non-hydrogen) atoms. The topological polar surface area (TPSA) is 34.1 Å². The summed E-state index contributed by atoms with van der Waals surface area (Å²) in [5.41, 5.74) is 2.87. The fourth-order valence-electron chi connectivity index (χ4n) is 2.41. The van der Waals surface area contributed by atoms with Gasteiger partial charge in [-0.2, -0.15) is 0 Å². The molecule has 0 aromatic heterocycles. The van der Waals surface area contributed by atoms with Gasteiger partial charge in [-0.25, -0.2) is 8.42 Å². The highest BCUT2D eigenvalue weighted by Crippen LogP contribution is 2.27. The Balaban J connectivity index is 2.29. The van der Waals surface area contributed by atoms with Gasteiger partial charge in [0.05, 0.1) is 10.6 Å². The molecule has 0 aliphatic rings. The molecule has 0 aliphatic heterocycles.